The van der Waals surface area contributed by atoms with E-state index in [0.717, 1.165) is 48.5 Å². The normalized spacial score (nSPS) is 17.7. The minimum Gasteiger partial charge on any atom is -0.381 e. The van der Waals surface area contributed by atoms with Gasteiger partial charge in [-0.1, -0.05) is 12.1 Å². The zero-order chi connectivity index (χ0) is 11.7. The highest BCUT2D eigenvalue weighted by molar-refractivity contribution is 5.78. The molecule has 0 radical (unpaired) electrons. The van der Waals surface area contributed by atoms with Gasteiger partial charge in [0.2, 0.25) is 0 Å². The first-order chi connectivity index (χ1) is 8.38. The molecule has 90 valence electrons. The van der Waals surface area contributed by atoms with Crippen LogP contribution in [-0.4, -0.2) is 23.2 Å². The SMILES string of the molecule is NCc1cccc2[nH]c(C3CCOCC3)nc12. The number of hydrogen-bond acceptors (Lipinski definition) is 3. The second kappa shape index (κ2) is 4.47. The molecule has 17 heavy (non-hydrogen) atoms. The van der Waals surface area contributed by atoms with Gasteiger partial charge in [-0.2, -0.15) is 0 Å². The van der Waals surface area contributed by atoms with Gasteiger partial charge in [-0.15, -0.1) is 0 Å². The Morgan fingerprint density at radius 1 is 1.35 bits per heavy atom. The fraction of sp³-hybridized carbons (Fsp3) is 0.462. The van der Waals surface area contributed by atoms with E-state index in [1.807, 2.05) is 12.1 Å². The Bertz CT molecular complexity index is 514. The van der Waals surface area contributed by atoms with Gasteiger partial charge < -0.3 is 15.5 Å². The molecule has 1 fully saturated rings. The van der Waals surface area contributed by atoms with Gasteiger partial charge in [0, 0.05) is 25.7 Å². The van der Waals surface area contributed by atoms with Crippen LogP contribution in [0.3, 0.4) is 0 Å². The van der Waals surface area contributed by atoms with Gasteiger partial charge in [-0.25, -0.2) is 4.98 Å². The molecule has 0 saturated carbocycles. The lowest BCUT2D eigenvalue weighted by Gasteiger charge is -2.19. The monoisotopic (exact) mass is 231 g/mol. The molecular weight excluding hydrogens is 214 g/mol. The maximum atomic E-state index is 5.73. The van der Waals surface area contributed by atoms with Crippen LogP contribution >= 0.6 is 0 Å². The summed E-state index contributed by atoms with van der Waals surface area (Å²) in [6.45, 7) is 2.21. The van der Waals surface area contributed by atoms with Crippen molar-refractivity contribution < 1.29 is 4.74 Å². The Labute approximate surface area is 100 Å². The molecule has 0 unspecified atom stereocenters. The molecule has 1 aromatic heterocycles. The number of nitrogens with two attached hydrogens (primary N) is 1. The van der Waals surface area contributed by atoms with Gasteiger partial charge in [0.25, 0.3) is 0 Å². The number of aromatic amines is 1. The molecule has 1 saturated heterocycles. The van der Waals surface area contributed by atoms with Crippen molar-refractivity contribution in [2.75, 3.05) is 13.2 Å². The summed E-state index contributed by atoms with van der Waals surface area (Å²) in [5, 5.41) is 0. The number of H-pyrrole nitrogens is 1. The first-order valence-corrected chi connectivity index (χ1v) is 6.14. The Morgan fingerprint density at radius 2 is 2.18 bits per heavy atom. The Morgan fingerprint density at radius 3 is 2.94 bits per heavy atom. The number of aromatic nitrogens is 2. The van der Waals surface area contributed by atoms with Crippen molar-refractivity contribution in [3.63, 3.8) is 0 Å². The van der Waals surface area contributed by atoms with Gasteiger partial charge in [0.1, 0.15) is 5.82 Å². The van der Waals surface area contributed by atoms with Gasteiger partial charge in [-0.3, -0.25) is 0 Å². The van der Waals surface area contributed by atoms with Crippen LogP contribution in [0.25, 0.3) is 11.0 Å². The molecule has 0 bridgehead atoms. The van der Waals surface area contributed by atoms with Gasteiger partial charge in [0.05, 0.1) is 11.0 Å². The van der Waals surface area contributed by atoms with Crippen molar-refractivity contribution in [2.24, 2.45) is 5.73 Å². The van der Waals surface area contributed by atoms with E-state index in [0.29, 0.717) is 12.5 Å². The summed E-state index contributed by atoms with van der Waals surface area (Å²) in [6, 6.07) is 6.12. The number of nitrogens with one attached hydrogen (secondary N) is 1. The van der Waals surface area contributed by atoms with Crippen LogP contribution in [-0.2, 0) is 11.3 Å². The van der Waals surface area contributed by atoms with E-state index < -0.39 is 0 Å². The van der Waals surface area contributed by atoms with Crippen molar-refractivity contribution in [2.45, 2.75) is 25.3 Å². The molecule has 3 N–H and O–H groups in total. The zero-order valence-electron chi connectivity index (χ0n) is 9.78. The maximum Gasteiger partial charge on any atom is 0.110 e. The molecule has 2 aromatic rings. The smallest absolute Gasteiger partial charge is 0.110 e. The van der Waals surface area contributed by atoms with Gasteiger partial charge >= 0.3 is 0 Å². The van der Waals surface area contributed by atoms with E-state index in [1.54, 1.807) is 0 Å². The third-order valence-electron chi connectivity index (χ3n) is 3.44. The lowest BCUT2D eigenvalue weighted by molar-refractivity contribution is 0.0838. The van der Waals surface area contributed by atoms with Gasteiger partial charge in [0.15, 0.2) is 0 Å². The average molecular weight is 231 g/mol. The molecule has 0 spiro atoms. The predicted molar refractivity (Wildman–Crippen MR) is 66.8 cm³/mol. The number of ether oxygens (including phenoxy) is 1. The van der Waals surface area contributed by atoms with Crippen LogP contribution in [0.15, 0.2) is 18.2 Å². The molecule has 0 atom stereocenters. The van der Waals surface area contributed by atoms with E-state index in [-0.39, 0.29) is 0 Å². The third-order valence-corrected chi connectivity index (χ3v) is 3.44. The number of rotatable bonds is 2. The number of hydrogen-bond donors (Lipinski definition) is 2. The highest BCUT2D eigenvalue weighted by atomic mass is 16.5. The third kappa shape index (κ3) is 1.94. The summed E-state index contributed by atoms with van der Waals surface area (Å²) < 4.78 is 5.38. The van der Waals surface area contributed by atoms with Gasteiger partial charge in [-0.05, 0) is 24.5 Å². The second-order valence-corrected chi connectivity index (χ2v) is 4.53. The van der Waals surface area contributed by atoms with Crippen LogP contribution in [0.1, 0.15) is 30.1 Å². The fourth-order valence-corrected chi connectivity index (χ4v) is 2.44. The molecule has 1 aliphatic heterocycles. The van der Waals surface area contributed by atoms with E-state index in [2.05, 4.69) is 11.1 Å². The number of imidazole rings is 1. The van der Waals surface area contributed by atoms with Crippen molar-refractivity contribution >= 4 is 11.0 Å². The lowest BCUT2D eigenvalue weighted by Crippen LogP contribution is -2.15. The lowest BCUT2D eigenvalue weighted by atomic mass is 10.00. The minimum absolute atomic E-state index is 0.502. The molecule has 1 aromatic carbocycles. The summed E-state index contributed by atoms with van der Waals surface area (Å²) in [6.07, 6.45) is 2.11. The predicted octanol–water partition coefficient (Wildman–Crippen LogP) is 1.92. The average Bonchev–Trinajstić information content (AvgIpc) is 2.83. The second-order valence-electron chi connectivity index (χ2n) is 4.53. The number of nitrogens with zero attached hydrogens (tertiary/aromatic N) is 1. The van der Waals surface area contributed by atoms with Crippen LogP contribution in [0, 0.1) is 0 Å². The topological polar surface area (TPSA) is 63.9 Å². The van der Waals surface area contributed by atoms with Crippen molar-refractivity contribution in [1.82, 2.24) is 9.97 Å². The Balaban J connectivity index is 2.00. The molecule has 2 heterocycles. The summed E-state index contributed by atoms with van der Waals surface area (Å²) in [4.78, 5) is 8.13. The number of para-hydroxylation sites is 1. The molecule has 1 aliphatic rings. The highest BCUT2D eigenvalue weighted by Crippen LogP contribution is 2.27. The van der Waals surface area contributed by atoms with Crippen LogP contribution < -0.4 is 5.73 Å². The summed E-state index contributed by atoms with van der Waals surface area (Å²) >= 11 is 0. The fourth-order valence-electron chi connectivity index (χ4n) is 2.44. The van der Waals surface area contributed by atoms with E-state index in [9.17, 15) is 0 Å². The highest BCUT2D eigenvalue weighted by Gasteiger charge is 2.19. The Kier molecular flexibility index (Phi) is 2.82. The summed E-state index contributed by atoms with van der Waals surface area (Å²) in [5.74, 6) is 1.59. The number of benzene rings is 1. The van der Waals surface area contributed by atoms with Crippen LogP contribution in [0.2, 0.25) is 0 Å². The van der Waals surface area contributed by atoms with Crippen molar-refractivity contribution in [3.05, 3.63) is 29.6 Å². The van der Waals surface area contributed by atoms with Crippen LogP contribution in [0.4, 0.5) is 0 Å². The molecule has 4 nitrogen and oxygen atoms in total. The van der Waals surface area contributed by atoms with Crippen molar-refractivity contribution in [1.29, 1.82) is 0 Å². The maximum absolute atomic E-state index is 5.73. The van der Waals surface area contributed by atoms with E-state index in [4.69, 9.17) is 15.5 Å². The Hall–Kier alpha value is -1.39. The van der Waals surface area contributed by atoms with Crippen molar-refractivity contribution in [3.8, 4) is 0 Å². The molecule has 0 aliphatic carbocycles. The first kappa shape index (κ1) is 10.7. The molecule has 4 heteroatoms. The minimum atomic E-state index is 0.502. The zero-order valence-corrected chi connectivity index (χ0v) is 9.78. The summed E-state index contributed by atoms with van der Waals surface area (Å²) in [7, 11) is 0. The largest absolute Gasteiger partial charge is 0.381 e. The molecule has 0 amide bonds. The quantitative estimate of drug-likeness (QED) is 0.830. The molecular formula is C13H17N3O. The molecule has 3 rings (SSSR count). The van der Waals surface area contributed by atoms with E-state index >= 15 is 0 Å². The first-order valence-electron chi connectivity index (χ1n) is 6.14. The standard InChI is InChI=1S/C13H17N3O/c14-8-10-2-1-3-11-12(10)16-13(15-11)9-4-6-17-7-5-9/h1-3,9H,4-8,14H2,(H,15,16). The van der Waals surface area contributed by atoms with Crippen LogP contribution in [0.5, 0.6) is 0 Å². The summed E-state index contributed by atoms with van der Waals surface area (Å²) in [5.41, 5.74) is 8.95. The van der Waals surface area contributed by atoms with E-state index in [1.165, 1.54) is 0 Å². The number of fused-ring (bicyclic) bond motifs is 1.